The zero-order valence-electron chi connectivity index (χ0n) is 20.6. The fourth-order valence-corrected chi connectivity index (χ4v) is 3.91. The fourth-order valence-electron chi connectivity index (χ4n) is 3.45. The molecule has 3 aromatic carbocycles. The molecule has 0 aliphatic heterocycles. The molecule has 0 amide bonds. The van der Waals surface area contributed by atoms with Crippen molar-refractivity contribution < 1.29 is 26.6 Å². The van der Waals surface area contributed by atoms with Gasteiger partial charge in [-0.2, -0.15) is 0 Å². The summed E-state index contributed by atoms with van der Waals surface area (Å²) in [5, 5.41) is 8.32. The average Bonchev–Trinajstić information content (AvgIpc) is 2.92. The van der Waals surface area contributed by atoms with Crippen molar-refractivity contribution in [1.82, 2.24) is 9.97 Å². The molecule has 0 unspecified atom stereocenters. The highest BCUT2D eigenvalue weighted by atomic mass is 35.5. The summed E-state index contributed by atoms with van der Waals surface area (Å²) >= 11 is 6.44. The van der Waals surface area contributed by atoms with E-state index in [2.05, 4.69) is 36.5 Å². The van der Waals surface area contributed by atoms with Crippen LogP contribution in [0.5, 0.6) is 5.75 Å². The fraction of sp³-hybridized carbons (Fsp3) is 0.148. The Morgan fingerprint density at radius 1 is 1.10 bits per heavy atom. The first-order valence-electron chi connectivity index (χ1n) is 11.5. The van der Waals surface area contributed by atoms with E-state index in [1.165, 1.54) is 18.5 Å². The highest BCUT2D eigenvalue weighted by Gasteiger charge is 2.11. The Morgan fingerprint density at radius 2 is 1.97 bits per heavy atom. The molecule has 4 rings (SSSR count). The minimum Gasteiger partial charge on any atom is -0.487 e. The second kappa shape index (κ2) is 13.5. The Labute approximate surface area is 230 Å². The van der Waals surface area contributed by atoms with Gasteiger partial charge < -0.3 is 14.9 Å². The van der Waals surface area contributed by atoms with E-state index >= 15 is 0 Å². The van der Waals surface area contributed by atoms with Gasteiger partial charge in [0.15, 0.2) is 5.71 Å². The van der Waals surface area contributed by atoms with Gasteiger partial charge >= 0.3 is 0 Å². The molecule has 0 saturated heterocycles. The summed E-state index contributed by atoms with van der Waals surface area (Å²) in [4.78, 5) is 13.9. The second-order valence-electron chi connectivity index (χ2n) is 7.85. The van der Waals surface area contributed by atoms with Gasteiger partial charge in [0.25, 0.3) is 11.0 Å². The number of ether oxygens (including phenoxy) is 1. The number of oxime groups is 1. The van der Waals surface area contributed by atoms with Crippen molar-refractivity contribution in [2.24, 2.45) is 5.16 Å². The third-order valence-corrected chi connectivity index (χ3v) is 5.85. The van der Waals surface area contributed by atoms with Crippen molar-refractivity contribution in [3.05, 3.63) is 89.0 Å². The van der Waals surface area contributed by atoms with Crippen molar-refractivity contribution in [3.8, 4) is 17.6 Å². The molecule has 9 nitrogen and oxygen atoms in total. The molecule has 0 saturated carbocycles. The molecule has 0 aliphatic rings. The molecule has 0 fully saturated rings. The summed E-state index contributed by atoms with van der Waals surface area (Å²) < 4.78 is 44.6. The molecule has 0 aliphatic carbocycles. The summed E-state index contributed by atoms with van der Waals surface area (Å²) in [5.41, 5.74) is 3.00. The summed E-state index contributed by atoms with van der Waals surface area (Å²) in [6.45, 7) is 1.60. The SMILES string of the molecule is CC#CC(=NOCCO[SH](=O)=O)c1ccc2ncnc(Nc3ccc(OCc4cccc(F)c4)c(Cl)c3)c2c1. The van der Waals surface area contributed by atoms with Crippen LogP contribution in [0.4, 0.5) is 15.9 Å². The number of aromatic nitrogens is 2. The van der Waals surface area contributed by atoms with Crippen LogP contribution in [-0.2, 0) is 26.6 Å². The van der Waals surface area contributed by atoms with Crippen LogP contribution in [0.25, 0.3) is 10.9 Å². The van der Waals surface area contributed by atoms with Gasteiger partial charge in [-0.3, -0.25) is 4.18 Å². The van der Waals surface area contributed by atoms with E-state index in [9.17, 15) is 12.8 Å². The van der Waals surface area contributed by atoms with Gasteiger partial charge in [-0.05, 0) is 66.9 Å². The lowest BCUT2D eigenvalue weighted by molar-refractivity contribution is 0.111. The van der Waals surface area contributed by atoms with Crippen LogP contribution in [0.3, 0.4) is 0 Å². The number of hydrogen-bond donors (Lipinski definition) is 2. The second-order valence-corrected chi connectivity index (χ2v) is 8.96. The molecule has 12 heteroatoms. The third-order valence-electron chi connectivity index (χ3n) is 5.16. The predicted octanol–water partition coefficient (Wildman–Crippen LogP) is 5.03. The van der Waals surface area contributed by atoms with E-state index < -0.39 is 11.0 Å². The van der Waals surface area contributed by atoms with Gasteiger partial charge in [0.05, 0.1) is 10.5 Å². The first-order valence-corrected chi connectivity index (χ1v) is 13.0. The highest BCUT2D eigenvalue weighted by molar-refractivity contribution is 7.67. The molecule has 0 bridgehead atoms. The summed E-state index contributed by atoms with van der Waals surface area (Å²) in [5.74, 6) is 6.29. The number of thiol groups is 1. The van der Waals surface area contributed by atoms with E-state index in [4.69, 9.17) is 21.2 Å². The van der Waals surface area contributed by atoms with Crippen molar-refractivity contribution in [2.45, 2.75) is 13.5 Å². The number of hydrogen-bond acceptors (Lipinski definition) is 9. The van der Waals surface area contributed by atoms with Gasteiger partial charge in [0, 0.05) is 16.6 Å². The molecular weight excluding hydrogens is 547 g/mol. The lowest BCUT2D eigenvalue weighted by Gasteiger charge is -2.12. The van der Waals surface area contributed by atoms with Crippen LogP contribution >= 0.6 is 11.6 Å². The molecule has 200 valence electrons. The van der Waals surface area contributed by atoms with E-state index in [0.717, 1.165) is 0 Å². The van der Waals surface area contributed by atoms with E-state index in [0.29, 0.717) is 50.0 Å². The number of halogens is 2. The van der Waals surface area contributed by atoms with E-state index in [1.807, 2.05) is 6.07 Å². The lowest BCUT2D eigenvalue weighted by Crippen LogP contribution is -2.04. The highest BCUT2D eigenvalue weighted by Crippen LogP contribution is 2.31. The maximum Gasteiger partial charge on any atom is 0.257 e. The average molecular weight is 569 g/mol. The van der Waals surface area contributed by atoms with Crippen LogP contribution < -0.4 is 10.1 Å². The number of benzene rings is 3. The quantitative estimate of drug-likeness (QED) is 0.0852. The number of nitrogens with one attached hydrogen (secondary N) is 1. The maximum atomic E-state index is 13.4. The Hall–Kier alpha value is -4.24. The molecule has 1 N–H and O–H groups in total. The first kappa shape index (κ1) is 27.8. The van der Waals surface area contributed by atoms with Crippen LogP contribution in [0.1, 0.15) is 18.1 Å². The van der Waals surface area contributed by atoms with Gasteiger partial charge in [-0.1, -0.05) is 34.8 Å². The van der Waals surface area contributed by atoms with Gasteiger partial charge in [0.2, 0.25) is 0 Å². The number of fused-ring (bicyclic) bond motifs is 1. The van der Waals surface area contributed by atoms with Gasteiger partial charge in [0.1, 0.15) is 43.5 Å². The monoisotopic (exact) mass is 568 g/mol. The third kappa shape index (κ3) is 7.87. The van der Waals surface area contributed by atoms with E-state index in [-0.39, 0.29) is 25.6 Å². The minimum absolute atomic E-state index is 0.0651. The van der Waals surface area contributed by atoms with Gasteiger partial charge in [-0.15, -0.1) is 0 Å². The topological polar surface area (TPSA) is 112 Å². The largest absolute Gasteiger partial charge is 0.487 e. The number of rotatable bonds is 11. The maximum absolute atomic E-state index is 13.4. The molecule has 0 radical (unpaired) electrons. The van der Waals surface area contributed by atoms with Crippen molar-refractivity contribution in [1.29, 1.82) is 0 Å². The molecular formula is C27H22ClFN4O5S. The standard InChI is InChI=1S/C27H22ClFN4O5S/c1-2-4-24(33-37-11-12-38-39(34)35)19-7-9-25-22(14-19)27(31-17-30-25)32-21-8-10-26(23(28)15-21)36-16-18-5-3-6-20(29)13-18/h3,5-10,13-15,17,39H,11-12,16H2,1H3,(H,30,31,32). The van der Waals surface area contributed by atoms with Gasteiger partial charge in [-0.25, -0.2) is 22.8 Å². The number of anilines is 2. The van der Waals surface area contributed by atoms with Crippen LogP contribution in [0.2, 0.25) is 5.02 Å². The Morgan fingerprint density at radius 3 is 2.74 bits per heavy atom. The van der Waals surface area contributed by atoms with Crippen LogP contribution in [0, 0.1) is 17.7 Å². The Kier molecular flexibility index (Phi) is 9.64. The molecule has 4 aromatic rings. The van der Waals surface area contributed by atoms with E-state index in [1.54, 1.807) is 49.4 Å². The lowest BCUT2D eigenvalue weighted by atomic mass is 10.1. The van der Waals surface area contributed by atoms with Crippen LogP contribution in [0.15, 0.2) is 72.1 Å². The summed E-state index contributed by atoms with van der Waals surface area (Å²) in [6, 6.07) is 16.8. The van der Waals surface area contributed by atoms with Crippen molar-refractivity contribution >= 4 is 50.7 Å². The molecule has 0 atom stereocenters. The van der Waals surface area contributed by atoms with Crippen molar-refractivity contribution in [3.63, 3.8) is 0 Å². The Bertz CT molecular complexity index is 1640. The normalized spacial score (nSPS) is 11.2. The summed E-state index contributed by atoms with van der Waals surface area (Å²) in [6.07, 6.45) is 1.44. The molecule has 39 heavy (non-hydrogen) atoms. The number of nitrogens with zero attached hydrogens (tertiary/aromatic N) is 3. The molecule has 0 spiro atoms. The smallest absolute Gasteiger partial charge is 0.257 e. The van der Waals surface area contributed by atoms with Crippen molar-refractivity contribution in [2.75, 3.05) is 18.5 Å². The minimum atomic E-state index is -2.95. The molecule has 1 aromatic heterocycles. The first-order chi connectivity index (χ1) is 18.9. The van der Waals surface area contributed by atoms with Crippen LogP contribution in [-0.4, -0.2) is 37.3 Å². The Balaban J connectivity index is 1.52. The summed E-state index contributed by atoms with van der Waals surface area (Å²) in [7, 11) is -2.95. The predicted molar refractivity (Wildman–Crippen MR) is 147 cm³/mol. The molecule has 1 heterocycles. The zero-order chi connectivity index (χ0) is 27.6. The zero-order valence-corrected chi connectivity index (χ0v) is 22.2.